The molecule has 2 nitrogen and oxygen atoms in total. The average Bonchev–Trinajstić information content (AvgIpc) is 2.21. The van der Waals surface area contributed by atoms with Crippen LogP contribution in [0.15, 0.2) is 0 Å². The summed E-state index contributed by atoms with van der Waals surface area (Å²) in [5.74, 6) is 1.15. The van der Waals surface area contributed by atoms with Crippen LogP contribution in [0.4, 0.5) is 0 Å². The molecule has 0 amide bonds. The average molecular weight is 267 g/mol. The van der Waals surface area contributed by atoms with Crippen LogP contribution in [-0.2, 0) is 9.47 Å². The second kappa shape index (κ2) is 19.3. The summed E-state index contributed by atoms with van der Waals surface area (Å²) in [4.78, 5) is 0. The molecule has 0 spiro atoms. The van der Waals surface area contributed by atoms with Crippen molar-refractivity contribution >= 4 is 0 Å². The van der Waals surface area contributed by atoms with Crippen LogP contribution in [-0.4, -0.2) is 25.9 Å². The number of hydrogen-bond donors (Lipinski definition) is 0. The molecule has 0 aromatic carbocycles. The third-order valence-electron chi connectivity index (χ3n) is 2.73. The fourth-order valence-electron chi connectivity index (χ4n) is 1.04. The minimum Gasteiger partial charge on any atom is -0.381 e. The molecule has 0 aliphatic heterocycles. The van der Waals surface area contributed by atoms with Crippen molar-refractivity contribution in [2.24, 2.45) is 11.8 Å². The SMILES string of the molecule is C.C.C.C.CCOCC(C)C(C)OCC(C)CC. The van der Waals surface area contributed by atoms with Crippen LogP contribution in [0, 0.1) is 11.8 Å². The third-order valence-corrected chi connectivity index (χ3v) is 2.73. The maximum atomic E-state index is 5.77. The highest BCUT2D eigenvalue weighted by Crippen LogP contribution is 2.10. The van der Waals surface area contributed by atoms with Crippen molar-refractivity contribution in [2.45, 2.75) is 76.9 Å². The van der Waals surface area contributed by atoms with E-state index >= 15 is 0 Å². The minimum absolute atomic E-state index is 0. The molecule has 0 radical (unpaired) electrons. The summed E-state index contributed by atoms with van der Waals surface area (Å²) in [7, 11) is 0. The summed E-state index contributed by atoms with van der Waals surface area (Å²) in [5, 5.41) is 0. The molecule has 2 heteroatoms. The van der Waals surface area contributed by atoms with Gasteiger partial charge in [0, 0.05) is 19.1 Å². The van der Waals surface area contributed by atoms with Gasteiger partial charge in [-0.2, -0.15) is 0 Å². The molecule has 0 saturated heterocycles. The van der Waals surface area contributed by atoms with Crippen molar-refractivity contribution in [1.29, 1.82) is 0 Å². The molecular weight excluding hydrogens is 224 g/mol. The molecule has 0 aromatic heterocycles. The monoisotopic (exact) mass is 266 g/mol. The molecule has 0 aromatic rings. The first-order chi connectivity index (χ1) is 6.61. The molecule has 0 rings (SSSR count). The Labute approximate surface area is 118 Å². The minimum atomic E-state index is 0. The molecule has 0 fully saturated rings. The van der Waals surface area contributed by atoms with E-state index in [4.69, 9.17) is 9.47 Å². The quantitative estimate of drug-likeness (QED) is 0.565. The summed E-state index contributed by atoms with van der Waals surface area (Å²) < 4.78 is 11.1. The zero-order chi connectivity index (χ0) is 11.0. The van der Waals surface area contributed by atoms with E-state index in [1.165, 1.54) is 6.42 Å². The van der Waals surface area contributed by atoms with E-state index in [-0.39, 0.29) is 29.7 Å². The Bertz CT molecular complexity index is 126. The van der Waals surface area contributed by atoms with Crippen LogP contribution >= 0.6 is 0 Å². The normalized spacial score (nSPS) is 13.8. The Kier molecular flexibility index (Phi) is 32.9. The summed E-state index contributed by atoms with van der Waals surface area (Å²) in [6.07, 6.45) is 1.49. The Hall–Kier alpha value is -0.0800. The number of ether oxygens (including phenoxy) is 2. The summed E-state index contributed by atoms with van der Waals surface area (Å²) >= 11 is 0. The standard InChI is InChI=1S/C12H26O2.4CH4/c1-6-10(3)8-14-12(5)11(4)9-13-7-2;;;;/h10-12H,6-9H2,1-5H3;4*1H4. The molecule has 3 unspecified atom stereocenters. The first-order valence-electron chi connectivity index (χ1n) is 5.81. The Morgan fingerprint density at radius 2 is 1.33 bits per heavy atom. The topological polar surface area (TPSA) is 18.5 Å². The van der Waals surface area contributed by atoms with Gasteiger partial charge in [0.15, 0.2) is 0 Å². The van der Waals surface area contributed by atoms with Gasteiger partial charge in [0.1, 0.15) is 0 Å². The largest absolute Gasteiger partial charge is 0.381 e. The van der Waals surface area contributed by atoms with Gasteiger partial charge >= 0.3 is 0 Å². The van der Waals surface area contributed by atoms with Crippen molar-refractivity contribution < 1.29 is 9.47 Å². The molecular formula is C16H42O2. The zero-order valence-corrected chi connectivity index (χ0v) is 10.4. The van der Waals surface area contributed by atoms with Gasteiger partial charge in [0.25, 0.3) is 0 Å². The highest BCUT2D eigenvalue weighted by molar-refractivity contribution is 4.61. The molecule has 0 saturated carbocycles. The van der Waals surface area contributed by atoms with E-state index in [1.807, 2.05) is 6.92 Å². The van der Waals surface area contributed by atoms with E-state index in [2.05, 4.69) is 27.7 Å². The molecule has 0 bridgehead atoms. The zero-order valence-electron chi connectivity index (χ0n) is 10.4. The summed E-state index contributed by atoms with van der Waals surface area (Å²) in [6.45, 7) is 13.2. The lowest BCUT2D eigenvalue weighted by Gasteiger charge is -2.21. The van der Waals surface area contributed by atoms with Gasteiger partial charge in [-0.3, -0.25) is 0 Å². The lowest BCUT2D eigenvalue weighted by atomic mass is 10.1. The van der Waals surface area contributed by atoms with E-state index in [9.17, 15) is 0 Å². The highest BCUT2D eigenvalue weighted by Gasteiger charge is 2.13. The van der Waals surface area contributed by atoms with Gasteiger partial charge in [-0.25, -0.2) is 0 Å². The van der Waals surface area contributed by atoms with Crippen LogP contribution in [0.2, 0.25) is 0 Å². The van der Waals surface area contributed by atoms with Gasteiger partial charge in [-0.05, 0) is 19.8 Å². The van der Waals surface area contributed by atoms with E-state index in [0.717, 1.165) is 19.8 Å². The maximum Gasteiger partial charge on any atom is 0.0594 e. The van der Waals surface area contributed by atoms with Crippen molar-refractivity contribution in [1.82, 2.24) is 0 Å². The molecule has 118 valence electrons. The van der Waals surface area contributed by atoms with Crippen molar-refractivity contribution in [3.05, 3.63) is 0 Å². The predicted octanol–water partition coefficient (Wildman–Crippen LogP) is 5.65. The molecule has 0 heterocycles. The number of rotatable bonds is 8. The number of hydrogen-bond acceptors (Lipinski definition) is 2. The van der Waals surface area contributed by atoms with Crippen LogP contribution < -0.4 is 0 Å². The van der Waals surface area contributed by atoms with Crippen molar-refractivity contribution in [2.75, 3.05) is 19.8 Å². The first kappa shape index (κ1) is 30.7. The maximum absolute atomic E-state index is 5.77. The van der Waals surface area contributed by atoms with E-state index < -0.39 is 0 Å². The third kappa shape index (κ3) is 15.9. The van der Waals surface area contributed by atoms with Gasteiger partial charge in [0.2, 0.25) is 0 Å². The van der Waals surface area contributed by atoms with Crippen molar-refractivity contribution in [3.63, 3.8) is 0 Å². The van der Waals surface area contributed by atoms with E-state index in [1.54, 1.807) is 0 Å². The fourth-order valence-corrected chi connectivity index (χ4v) is 1.04. The molecule has 18 heavy (non-hydrogen) atoms. The van der Waals surface area contributed by atoms with E-state index in [0.29, 0.717) is 17.9 Å². The first-order valence-corrected chi connectivity index (χ1v) is 5.81. The second-order valence-electron chi connectivity index (χ2n) is 4.19. The van der Waals surface area contributed by atoms with Gasteiger partial charge in [0.05, 0.1) is 12.7 Å². The fraction of sp³-hybridized carbons (Fsp3) is 1.00. The van der Waals surface area contributed by atoms with Gasteiger partial charge in [-0.1, -0.05) is 56.9 Å². The van der Waals surface area contributed by atoms with Gasteiger partial charge in [-0.15, -0.1) is 0 Å². The summed E-state index contributed by atoms with van der Waals surface area (Å²) in [6, 6.07) is 0. The molecule has 0 aliphatic carbocycles. The Balaban J connectivity index is -0.000000141. The Morgan fingerprint density at radius 1 is 0.833 bits per heavy atom. The second-order valence-corrected chi connectivity index (χ2v) is 4.19. The van der Waals surface area contributed by atoms with Gasteiger partial charge < -0.3 is 9.47 Å². The Morgan fingerprint density at radius 3 is 1.72 bits per heavy atom. The smallest absolute Gasteiger partial charge is 0.0594 e. The summed E-state index contributed by atoms with van der Waals surface area (Å²) in [5.41, 5.74) is 0. The van der Waals surface area contributed by atoms with Crippen LogP contribution in [0.25, 0.3) is 0 Å². The lowest BCUT2D eigenvalue weighted by Crippen LogP contribution is -2.24. The lowest BCUT2D eigenvalue weighted by molar-refractivity contribution is -0.0166. The highest BCUT2D eigenvalue weighted by atomic mass is 16.5. The molecule has 0 aliphatic rings. The van der Waals surface area contributed by atoms with Crippen molar-refractivity contribution in [3.8, 4) is 0 Å². The van der Waals surface area contributed by atoms with Crippen LogP contribution in [0.5, 0.6) is 0 Å². The molecule has 0 N–H and O–H groups in total. The van der Waals surface area contributed by atoms with Crippen LogP contribution in [0.1, 0.15) is 70.7 Å². The van der Waals surface area contributed by atoms with Crippen LogP contribution in [0.3, 0.4) is 0 Å². The molecule has 3 atom stereocenters. The predicted molar refractivity (Wildman–Crippen MR) is 87.5 cm³/mol.